The van der Waals surface area contributed by atoms with Gasteiger partial charge >= 0.3 is 0 Å². The first kappa shape index (κ1) is 13.9. The van der Waals surface area contributed by atoms with Gasteiger partial charge in [0, 0.05) is 36.2 Å². The second-order valence-corrected chi connectivity index (χ2v) is 6.13. The summed E-state index contributed by atoms with van der Waals surface area (Å²) in [5, 5.41) is 10.0. The van der Waals surface area contributed by atoms with Gasteiger partial charge in [-0.3, -0.25) is 14.4 Å². The fourth-order valence-corrected chi connectivity index (χ4v) is 3.88. The Labute approximate surface area is 131 Å². The summed E-state index contributed by atoms with van der Waals surface area (Å²) in [5.74, 6) is -2.01. The second kappa shape index (κ2) is 4.91. The summed E-state index contributed by atoms with van der Waals surface area (Å²) >= 11 is 0. The third kappa shape index (κ3) is 1.96. The van der Waals surface area contributed by atoms with Crippen LogP contribution in [0.3, 0.4) is 0 Å². The Balaban J connectivity index is 1.89. The predicted molar refractivity (Wildman–Crippen MR) is 79.4 cm³/mol. The van der Waals surface area contributed by atoms with Gasteiger partial charge in [0.05, 0.1) is 11.8 Å². The molecule has 1 N–H and O–H groups in total. The van der Waals surface area contributed by atoms with E-state index in [1.54, 1.807) is 12.1 Å². The van der Waals surface area contributed by atoms with Crippen LogP contribution < -0.4 is 0 Å². The molecule has 1 fully saturated rings. The molecule has 1 heterocycles. The summed E-state index contributed by atoms with van der Waals surface area (Å²) < 4.78 is 5.39. The molecule has 0 radical (unpaired) electrons. The van der Waals surface area contributed by atoms with Crippen molar-refractivity contribution >= 4 is 17.3 Å². The number of ketones is 3. The number of phenolic OH excluding ortho intramolecular Hbond substituents is 1. The van der Waals surface area contributed by atoms with Gasteiger partial charge in [-0.1, -0.05) is 12.1 Å². The molecule has 3 atom stereocenters. The minimum atomic E-state index is -0.673. The molecule has 0 unspecified atom stereocenters. The van der Waals surface area contributed by atoms with Gasteiger partial charge in [0.2, 0.25) is 0 Å². The van der Waals surface area contributed by atoms with E-state index in [-0.39, 0.29) is 47.1 Å². The van der Waals surface area contributed by atoms with Crippen molar-refractivity contribution in [1.82, 2.24) is 0 Å². The highest BCUT2D eigenvalue weighted by Gasteiger charge is 2.51. The van der Waals surface area contributed by atoms with E-state index >= 15 is 0 Å². The van der Waals surface area contributed by atoms with Gasteiger partial charge in [-0.15, -0.1) is 0 Å². The van der Waals surface area contributed by atoms with E-state index in [1.165, 1.54) is 24.5 Å². The molecule has 0 bridgehead atoms. The molecule has 0 saturated heterocycles. The molecule has 23 heavy (non-hydrogen) atoms. The number of Topliss-reactive ketones (excluding diaryl/α,β-unsaturated/α-hetero) is 3. The number of rotatable bonds is 1. The second-order valence-electron chi connectivity index (χ2n) is 6.13. The number of aromatic hydroxyl groups is 1. The number of carbonyl (C=O) groups excluding carboxylic acids is 3. The van der Waals surface area contributed by atoms with Crippen LogP contribution in [0.15, 0.2) is 41.0 Å². The van der Waals surface area contributed by atoms with Crippen molar-refractivity contribution in [3.63, 3.8) is 0 Å². The molecular formula is C18H14O5. The fourth-order valence-electron chi connectivity index (χ4n) is 3.88. The Morgan fingerprint density at radius 2 is 1.74 bits per heavy atom. The van der Waals surface area contributed by atoms with Gasteiger partial charge in [0.25, 0.3) is 0 Å². The van der Waals surface area contributed by atoms with Crippen molar-refractivity contribution in [3.8, 4) is 5.75 Å². The molecule has 0 spiro atoms. The van der Waals surface area contributed by atoms with Gasteiger partial charge < -0.3 is 9.52 Å². The average Bonchev–Trinajstić information content (AvgIpc) is 3.06. The van der Waals surface area contributed by atoms with E-state index in [0.29, 0.717) is 5.76 Å². The van der Waals surface area contributed by atoms with Crippen LogP contribution in [-0.2, 0) is 4.79 Å². The highest BCUT2D eigenvalue weighted by Crippen LogP contribution is 2.47. The van der Waals surface area contributed by atoms with Gasteiger partial charge in [0.1, 0.15) is 17.3 Å². The maximum Gasteiger partial charge on any atom is 0.171 e. The highest BCUT2D eigenvalue weighted by atomic mass is 16.3. The van der Waals surface area contributed by atoms with E-state index < -0.39 is 17.8 Å². The van der Waals surface area contributed by atoms with Gasteiger partial charge in [0.15, 0.2) is 11.6 Å². The zero-order chi connectivity index (χ0) is 16.1. The number of hydrogen-bond acceptors (Lipinski definition) is 5. The van der Waals surface area contributed by atoms with E-state index in [1.807, 2.05) is 0 Å². The minimum absolute atomic E-state index is 0.0441. The Hall–Kier alpha value is -2.69. The molecule has 5 nitrogen and oxygen atoms in total. The largest absolute Gasteiger partial charge is 0.507 e. The molecule has 4 rings (SSSR count). The molecule has 1 aromatic heterocycles. The molecule has 2 aliphatic carbocycles. The lowest BCUT2D eigenvalue weighted by atomic mass is 9.62. The van der Waals surface area contributed by atoms with E-state index in [2.05, 4.69) is 0 Å². The SMILES string of the molecule is O=C1C[C@@H]2C(=O)c3cccc(O)c3C(=O)[C@@H]2[C@@H](c2ccco2)C1. The number of benzene rings is 1. The maximum atomic E-state index is 13.0. The van der Waals surface area contributed by atoms with Crippen LogP contribution in [0.5, 0.6) is 5.75 Å². The van der Waals surface area contributed by atoms with Crippen LogP contribution >= 0.6 is 0 Å². The summed E-state index contributed by atoms with van der Waals surface area (Å²) in [7, 11) is 0. The fraction of sp³-hybridized carbons (Fsp3) is 0.278. The molecule has 0 aliphatic heterocycles. The quantitative estimate of drug-likeness (QED) is 0.875. The van der Waals surface area contributed by atoms with E-state index in [9.17, 15) is 19.5 Å². The number of hydrogen-bond donors (Lipinski definition) is 1. The Bertz CT molecular complexity index is 818. The maximum absolute atomic E-state index is 13.0. The smallest absolute Gasteiger partial charge is 0.171 e. The molecule has 1 aromatic carbocycles. The minimum Gasteiger partial charge on any atom is -0.507 e. The van der Waals surface area contributed by atoms with Crippen LogP contribution in [0.25, 0.3) is 0 Å². The summed E-state index contributed by atoms with van der Waals surface area (Å²) in [4.78, 5) is 37.8. The van der Waals surface area contributed by atoms with Gasteiger partial charge in [-0.25, -0.2) is 0 Å². The lowest BCUT2D eigenvalue weighted by Gasteiger charge is -2.38. The zero-order valence-electron chi connectivity index (χ0n) is 12.2. The zero-order valence-corrected chi connectivity index (χ0v) is 12.2. The lowest BCUT2D eigenvalue weighted by Crippen LogP contribution is -2.44. The molecule has 5 heteroatoms. The molecule has 2 aliphatic rings. The van der Waals surface area contributed by atoms with Crippen molar-refractivity contribution < 1.29 is 23.9 Å². The summed E-state index contributed by atoms with van der Waals surface area (Å²) in [6.07, 6.45) is 1.74. The standard InChI is InChI=1S/C18H14O5/c19-9-7-11(14-5-2-6-23-14)15-12(8-9)17(21)10-3-1-4-13(20)16(10)18(15)22/h1-6,11-12,15,20H,7-8H2/t11-,12+,15-/m1/s1. The van der Waals surface area contributed by atoms with Crippen molar-refractivity contribution in [1.29, 1.82) is 0 Å². The van der Waals surface area contributed by atoms with E-state index in [0.717, 1.165) is 0 Å². The van der Waals surface area contributed by atoms with E-state index in [4.69, 9.17) is 4.42 Å². The summed E-state index contributed by atoms with van der Waals surface area (Å²) in [6, 6.07) is 7.89. The van der Waals surface area contributed by atoms with Crippen molar-refractivity contribution in [2.75, 3.05) is 0 Å². The topological polar surface area (TPSA) is 84.6 Å². The first-order chi connectivity index (χ1) is 11.1. The Morgan fingerprint density at radius 1 is 0.957 bits per heavy atom. The van der Waals surface area contributed by atoms with Crippen molar-refractivity contribution in [3.05, 3.63) is 53.5 Å². The Morgan fingerprint density at radius 3 is 2.48 bits per heavy atom. The van der Waals surface area contributed by atoms with Crippen molar-refractivity contribution in [2.24, 2.45) is 11.8 Å². The van der Waals surface area contributed by atoms with Crippen molar-refractivity contribution in [2.45, 2.75) is 18.8 Å². The molecular weight excluding hydrogens is 296 g/mol. The van der Waals surface area contributed by atoms with Crippen LogP contribution in [0.1, 0.15) is 45.2 Å². The van der Waals surface area contributed by atoms with Crippen LogP contribution in [0.2, 0.25) is 0 Å². The molecule has 1 saturated carbocycles. The first-order valence-electron chi connectivity index (χ1n) is 7.53. The first-order valence-corrected chi connectivity index (χ1v) is 7.53. The number of furan rings is 1. The average molecular weight is 310 g/mol. The normalized spacial score (nSPS) is 26.8. The highest BCUT2D eigenvalue weighted by molar-refractivity contribution is 6.18. The Kier molecular flexibility index (Phi) is 2.98. The van der Waals surface area contributed by atoms with Crippen LogP contribution in [0, 0.1) is 11.8 Å². The molecule has 116 valence electrons. The summed E-state index contributed by atoms with van der Waals surface area (Å²) in [6.45, 7) is 0. The van der Waals surface area contributed by atoms with Gasteiger partial charge in [-0.2, -0.15) is 0 Å². The molecule has 0 amide bonds. The van der Waals surface area contributed by atoms with Crippen LogP contribution in [-0.4, -0.2) is 22.5 Å². The third-order valence-electron chi connectivity index (χ3n) is 4.86. The predicted octanol–water partition coefficient (Wildman–Crippen LogP) is 2.74. The third-order valence-corrected chi connectivity index (χ3v) is 4.86. The number of carbonyl (C=O) groups is 3. The summed E-state index contributed by atoms with van der Waals surface area (Å²) in [5.41, 5.74) is 0.286. The number of fused-ring (bicyclic) bond motifs is 2. The lowest BCUT2D eigenvalue weighted by molar-refractivity contribution is -0.122. The molecule has 2 aromatic rings. The van der Waals surface area contributed by atoms with Gasteiger partial charge in [-0.05, 0) is 18.2 Å². The number of phenols is 1. The van der Waals surface area contributed by atoms with Crippen LogP contribution in [0.4, 0.5) is 0 Å². The monoisotopic (exact) mass is 310 g/mol.